The van der Waals surface area contributed by atoms with Crippen LogP contribution in [0.3, 0.4) is 0 Å². The average molecular weight is 213 g/mol. The van der Waals surface area contributed by atoms with Crippen molar-refractivity contribution in [2.24, 2.45) is 0 Å². The van der Waals surface area contributed by atoms with Crippen molar-refractivity contribution in [1.29, 1.82) is 0 Å². The molecule has 0 saturated carbocycles. The lowest BCUT2D eigenvalue weighted by Crippen LogP contribution is -2.52. The highest BCUT2D eigenvalue weighted by molar-refractivity contribution is 6.00. The van der Waals surface area contributed by atoms with Gasteiger partial charge in [-0.05, 0) is 13.0 Å². The zero-order valence-electron chi connectivity index (χ0n) is 8.27. The Labute approximate surface area is 85.8 Å². The van der Waals surface area contributed by atoms with Gasteiger partial charge >= 0.3 is 11.9 Å². The van der Waals surface area contributed by atoms with Gasteiger partial charge in [-0.3, -0.25) is 0 Å². The Balaban J connectivity index is 3.18. The molecule has 0 amide bonds. The Morgan fingerprint density at radius 1 is 1.47 bits per heavy atom. The summed E-state index contributed by atoms with van der Waals surface area (Å²) in [6, 6.07) is 0. The number of ether oxygens (including phenoxy) is 1. The Morgan fingerprint density at radius 2 is 2.07 bits per heavy atom. The predicted molar refractivity (Wildman–Crippen MR) is 50.0 cm³/mol. The van der Waals surface area contributed by atoms with Gasteiger partial charge in [0.25, 0.3) is 0 Å². The van der Waals surface area contributed by atoms with E-state index in [-0.39, 0.29) is 11.3 Å². The molecule has 1 atom stereocenters. The molecule has 0 saturated heterocycles. The van der Waals surface area contributed by atoms with E-state index >= 15 is 0 Å². The quantitative estimate of drug-likeness (QED) is 0.607. The Hall–Kier alpha value is -1.98. The molecule has 0 radical (unpaired) electrons. The second-order valence-electron chi connectivity index (χ2n) is 3.19. The average Bonchev–Trinajstić information content (AvgIpc) is 2.17. The van der Waals surface area contributed by atoms with Crippen molar-refractivity contribution < 1.29 is 24.5 Å². The molecule has 0 aliphatic carbocycles. The number of hydrogen-bond donors (Lipinski definition) is 3. The van der Waals surface area contributed by atoms with Gasteiger partial charge in [0.2, 0.25) is 0 Å². The second-order valence-corrected chi connectivity index (χ2v) is 3.19. The summed E-state index contributed by atoms with van der Waals surface area (Å²) in [5.41, 5.74) is -1.90. The van der Waals surface area contributed by atoms with Crippen LogP contribution in [0.4, 0.5) is 0 Å². The van der Waals surface area contributed by atoms with Gasteiger partial charge in [-0.1, -0.05) is 0 Å². The molecule has 0 aromatic carbocycles. The third kappa shape index (κ3) is 1.78. The molecule has 1 aliphatic rings. The highest BCUT2D eigenvalue weighted by Gasteiger charge is 2.42. The first-order valence-corrected chi connectivity index (χ1v) is 4.12. The first kappa shape index (κ1) is 11.1. The van der Waals surface area contributed by atoms with E-state index in [0.29, 0.717) is 0 Å². The maximum atomic E-state index is 10.9. The number of carbonyl (C=O) groups is 2. The monoisotopic (exact) mass is 213 g/mol. The maximum absolute atomic E-state index is 10.9. The van der Waals surface area contributed by atoms with Gasteiger partial charge < -0.3 is 20.3 Å². The smallest absolute Gasteiger partial charge is 0.334 e. The summed E-state index contributed by atoms with van der Waals surface area (Å²) < 4.78 is 4.81. The van der Waals surface area contributed by atoms with E-state index in [4.69, 9.17) is 14.9 Å². The zero-order chi connectivity index (χ0) is 11.6. The zero-order valence-corrected chi connectivity index (χ0v) is 8.27. The van der Waals surface area contributed by atoms with E-state index in [1.165, 1.54) is 26.3 Å². The van der Waals surface area contributed by atoms with E-state index in [9.17, 15) is 9.59 Å². The first-order valence-electron chi connectivity index (χ1n) is 4.12. The van der Waals surface area contributed by atoms with Crippen molar-refractivity contribution in [3.8, 4) is 0 Å². The number of nitrogens with one attached hydrogen (secondary N) is 1. The first-order chi connectivity index (χ1) is 6.91. The molecular weight excluding hydrogens is 202 g/mol. The van der Waals surface area contributed by atoms with Gasteiger partial charge in [0.05, 0.1) is 12.7 Å². The summed E-state index contributed by atoms with van der Waals surface area (Å²) in [4.78, 5) is 21.8. The van der Waals surface area contributed by atoms with Gasteiger partial charge in [0.1, 0.15) is 5.76 Å². The minimum absolute atomic E-state index is 0.269. The fourth-order valence-corrected chi connectivity index (χ4v) is 1.19. The molecule has 82 valence electrons. The van der Waals surface area contributed by atoms with Crippen LogP contribution in [0.5, 0.6) is 0 Å². The summed E-state index contributed by atoms with van der Waals surface area (Å²) in [5, 5.41) is 20.3. The van der Waals surface area contributed by atoms with Gasteiger partial charge in [0.15, 0.2) is 5.54 Å². The van der Waals surface area contributed by atoms with Crippen molar-refractivity contribution in [3.05, 3.63) is 23.6 Å². The van der Waals surface area contributed by atoms with E-state index in [0.717, 1.165) is 0 Å². The number of dihydropyridines is 1. The fourth-order valence-electron chi connectivity index (χ4n) is 1.19. The van der Waals surface area contributed by atoms with Crippen LogP contribution in [0.15, 0.2) is 23.6 Å². The molecular formula is C9H11NO5. The molecule has 1 rings (SSSR count). The standard InChI is InChI=1S/C9H11NO5/c1-9(8(13)14)6(7(11)12)3-5(15-2)4-10-9/h3-4,10H,1-2H3,(H,11,12)(H,13,14). The van der Waals surface area contributed by atoms with E-state index < -0.39 is 17.5 Å². The van der Waals surface area contributed by atoms with E-state index in [1.807, 2.05) is 0 Å². The fraction of sp³-hybridized carbons (Fsp3) is 0.333. The third-order valence-electron chi connectivity index (χ3n) is 2.22. The second kappa shape index (κ2) is 3.64. The maximum Gasteiger partial charge on any atom is 0.334 e. The predicted octanol–water partition coefficient (Wildman–Crippen LogP) is -0.0683. The summed E-state index contributed by atoms with van der Waals surface area (Å²) in [6.07, 6.45) is 2.51. The minimum atomic E-state index is -1.63. The number of carboxylic acids is 2. The summed E-state index contributed by atoms with van der Waals surface area (Å²) >= 11 is 0. The van der Waals surface area contributed by atoms with Gasteiger partial charge in [-0.2, -0.15) is 0 Å². The molecule has 0 bridgehead atoms. The number of methoxy groups -OCH3 is 1. The van der Waals surface area contributed by atoms with Crippen molar-refractivity contribution in [2.75, 3.05) is 7.11 Å². The SMILES string of the molecule is COC1=CNC(C)(C(=O)O)C(C(=O)O)=C1. The molecule has 6 nitrogen and oxygen atoms in total. The van der Waals surface area contributed by atoms with Crippen LogP contribution in [0.2, 0.25) is 0 Å². The summed E-state index contributed by atoms with van der Waals surface area (Å²) in [6.45, 7) is 1.28. The normalized spacial score (nSPS) is 24.7. The largest absolute Gasteiger partial charge is 0.495 e. The van der Waals surface area contributed by atoms with Crippen LogP contribution in [0, 0.1) is 0 Å². The number of hydrogen-bond acceptors (Lipinski definition) is 4. The van der Waals surface area contributed by atoms with E-state index in [2.05, 4.69) is 5.32 Å². The Bertz CT molecular complexity index is 371. The van der Waals surface area contributed by atoms with Crippen LogP contribution in [0.25, 0.3) is 0 Å². The lowest BCUT2D eigenvalue weighted by molar-refractivity contribution is -0.145. The molecule has 1 heterocycles. The topological polar surface area (TPSA) is 95.9 Å². The molecule has 1 aliphatic heterocycles. The van der Waals surface area contributed by atoms with Crippen molar-refractivity contribution in [1.82, 2.24) is 5.32 Å². The van der Waals surface area contributed by atoms with Gasteiger partial charge in [-0.15, -0.1) is 0 Å². The third-order valence-corrected chi connectivity index (χ3v) is 2.22. The van der Waals surface area contributed by atoms with Crippen LogP contribution in [-0.2, 0) is 14.3 Å². The molecule has 0 aromatic rings. The van der Waals surface area contributed by atoms with Crippen molar-refractivity contribution in [3.63, 3.8) is 0 Å². The number of carboxylic acid groups (broad SMARTS) is 2. The van der Waals surface area contributed by atoms with Crippen LogP contribution >= 0.6 is 0 Å². The molecule has 0 spiro atoms. The van der Waals surface area contributed by atoms with Crippen molar-refractivity contribution in [2.45, 2.75) is 12.5 Å². The van der Waals surface area contributed by atoms with Gasteiger partial charge in [-0.25, -0.2) is 9.59 Å². The molecule has 0 fully saturated rings. The summed E-state index contributed by atoms with van der Waals surface area (Å²) in [7, 11) is 1.37. The van der Waals surface area contributed by atoms with Crippen LogP contribution in [0.1, 0.15) is 6.92 Å². The molecule has 6 heteroatoms. The molecule has 15 heavy (non-hydrogen) atoms. The summed E-state index contributed by atoms with van der Waals surface area (Å²) in [5.74, 6) is -2.29. The number of rotatable bonds is 3. The van der Waals surface area contributed by atoms with Crippen LogP contribution < -0.4 is 5.32 Å². The van der Waals surface area contributed by atoms with Crippen molar-refractivity contribution >= 4 is 11.9 Å². The lowest BCUT2D eigenvalue weighted by atomic mass is 9.89. The number of aliphatic carboxylic acids is 2. The minimum Gasteiger partial charge on any atom is -0.495 e. The lowest BCUT2D eigenvalue weighted by Gasteiger charge is -2.29. The van der Waals surface area contributed by atoms with Crippen LogP contribution in [-0.4, -0.2) is 34.8 Å². The molecule has 1 unspecified atom stereocenters. The van der Waals surface area contributed by atoms with Gasteiger partial charge in [0, 0.05) is 6.20 Å². The molecule has 0 aromatic heterocycles. The number of allylic oxidation sites excluding steroid dienone is 1. The Morgan fingerprint density at radius 3 is 2.47 bits per heavy atom. The highest BCUT2D eigenvalue weighted by Crippen LogP contribution is 2.23. The molecule has 3 N–H and O–H groups in total. The highest BCUT2D eigenvalue weighted by atomic mass is 16.5. The Kier molecular flexibility index (Phi) is 2.69. The van der Waals surface area contributed by atoms with E-state index in [1.54, 1.807) is 0 Å².